The van der Waals surface area contributed by atoms with Crippen LogP contribution in [-0.2, 0) is 21.3 Å². The molecule has 9 heteroatoms. The van der Waals surface area contributed by atoms with Crippen molar-refractivity contribution in [3.63, 3.8) is 0 Å². The number of ether oxygens (including phenoxy) is 1. The molecule has 156 valence electrons. The van der Waals surface area contributed by atoms with Gasteiger partial charge in [0.25, 0.3) is 5.91 Å². The molecule has 0 bridgehead atoms. The lowest BCUT2D eigenvalue weighted by atomic mass is 10.2. The number of carbonyl (C=O) groups is 1. The first-order valence-electron chi connectivity index (χ1n) is 9.68. The molecule has 4 rings (SSSR count). The molecule has 2 aliphatic rings. The van der Waals surface area contributed by atoms with Crippen molar-refractivity contribution >= 4 is 38.9 Å². The Labute approximate surface area is 179 Å². The molecule has 2 fully saturated rings. The molecule has 1 saturated heterocycles. The molecule has 1 saturated carbocycles. The van der Waals surface area contributed by atoms with Crippen molar-refractivity contribution in [2.24, 2.45) is 0 Å². The number of rotatable bonds is 8. The SMILES string of the molecule is O=C(c1ccc(Cl)c(S(=O)(=O)NCC2CCCO2)c1)N(Cc1cccs1)C1CC1. The fraction of sp³-hybridized carbons (Fsp3) is 0.450. The number of nitrogens with zero attached hydrogens (tertiary/aromatic N) is 1. The highest BCUT2D eigenvalue weighted by molar-refractivity contribution is 7.89. The van der Waals surface area contributed by atoms with Crippen molar-refractivity contribution in [1.29, 1.82) is 0 Å². The summed E-state index contributed by atoms with van der Waals surface area (Å²) >= 11 is 7.78. The summed E-state index contributed by atoms with van der Waals surface area (Å²) in [4.78, 5) is 16.0. The topological polar surface area (TPSA) is 75.7 Å². The molecule has 1 atom stereocenters. The van der Waals surface area contributed by atoms with Crippen molar-refractivity contribution in [2.75, 3.05) is 13.2 Å². The van der Waals surface area contributed by atoms with E-state index >= 15 is 0 Å². The van der Waals surface area contributed by atoms with Gasteiger partial charge < -0.3 is 9.64 Å². The van der Waals surface area contributed by atoms with Gasteiger partial charge in [-0.05, 0) is 55.3 Å². The van der Waals surface area contributed by atoms with Crippen LogP contribution in [0.3, 0.4) is 0 Å². The summed E-state index contributed by atoms with van der Waals surface area (Å²) in [6.07, 6.45) is 3.58. The first-order valence-corrected chi connectivity index (χ1v) is 12.4. The van der Waals surface area contributed by atoms with Crippen LogP contribution in [0.15, 0.2) is 40.6 Å². The molecule has 1 aliphatic heterocycles. The Morgan fingerprint density at radius 1 is 1.28 bits per heavy atom. The van der Waals surface area contributed by atoms with Gasteiger partial charge in [0.05, 0.1) is 17.7 Å². The lowest BCUT2D eigenvalue weighted by Crippen LogP contribution is -2.33. The third-order valence-corrected chi connectivity index (χ3v) is 7.91. The van der Waals surface area contributed by atoms with E-state index in [-0.39, 0.29) is 34.5 Å². The maximum atomic E-state index is 13.2. The van der Waals surface area contributed by atoms with Crippen LogP contribution in [0.4, 0.5) is 0 Å². The van der Waals surface area contributed by atoms with Crippen LogP contribution in [0.2, 0.25) is 5.02 Å². The number of halogens is 1. The second-order valence-corrected chi connectivity index (χ2v) is 10.6. The Morgan fingerprint density at radius 3 is 2.76 bits per heavy atom. The fourth-order valence-electron chi connectivity index (χ4n) is 3.42. The number of hydrogen-bond donors (Lipinski definition) is 1. The molecule has 29 heavy (non-hydrogen) atoms. The van der Waals surface area contributed by atoms with Crippen molar-refractivity contribution < 1.29 is 17.9 Å². The van der Waals surface area contributed by atoms with E-state index in [0.717, 1.165) is 30.6 Å². The highest BCUT2D eigenvalue weighted by Crippen LogP contribution is 2.32. The Kier molecular flexibility index (Phi) is 6.27. The maximum Gasteiger partial charge on any atom is 0.254 e. The number of benzene rings is 1. The van der Waals surface area contributed by atoms with Gasteiger partial charge in [-0.1, -0.05) is 17.7 Å². The van der Waals surface area contributed by atoms with E-state index in [0.29, 0.717) is 18.7 Å². The van der Waals surface area contributed by atoms with Gasteiger partial charge in [0.1, 0.15) is 4.90 Å². The van der Waals surface area contributed by atoms with Crippen LogP contribution in [0.5, 0.6) is 0 Å². The van der Waals surface area contributed by atoms with Crippen LogP contribution in [-0.4, -0.2) is 44.5 Å². The molecular weight excluding hydrogens is 432 g/mol. The van der Waals surface area contributed by atoms with Crippen LogP contribution in [0.25, 0.3) is 0 Å². The molecule has 2 aromatic rings. The smallest absolute Gasteiger partial charge is 0.254 e. The molecule has 6 nitrogen and oxygen atoms in total. The average Bonchev–Trinajstić information content (AvgIpc) is 3.18. The van der Waals surface area contributed by atoms with Crippen LogP contribution < -0.4 is 4.72 Å². The minimum absolute atomic E-state index is 0.0742. The van der Waals surface area contributed by atoms with Crippen LogP contribution in [0, 0.1) is 0 Å². The second kappa shape index (κ2) is 8.73. The maximum absolute atomic E-state index is 13.2. The minimum Gasteiger partial charge on any atom is -0.377 e. The van der Waals surface area contributed by atoms with E-state index in [1.54, 1.807) is 17.4 Å². The highest BCUT2D eigenvalue weighted by Gasteiger charge is 2.34. The van der Waals surface area contributed by atoms with Crippen molar-refractivity contribution in [3.05, 3.63) is 51.2 Å². The largest absolute Gasteiger partial charge is 0.377 e. The number of sulfonamides is 1. The van der Waals surface area contributed by atoms with Gasteiger partial charge in [-0.2, -0.15) is 0 Å². The molecule has 1 amide bonds. The quantitative estimate of drug-likeness (QED) is 0.660. The van der Waals surface area contributed by atoms with Crippen molar-refractivity contribution in [1.82, 2.24) is 9.62 Å². The van der Waals surface area contributed by atoms with Gasteiger partial charge in [0.15, 0.2) is 0 Å². The normalized spacial score (nSPS) is 19.4. The van der Waals surface area contributed by atoms with Crippen molar-refractivity contribution in [3.8, 4) is 0 Å². The summed E-state index contributed by atoms with van der Waals surface area (Å²) in [5, 5.41) is 2.08. The Morgan fingerprint density at radius 2 is 2.10 bits per heavy atom. The third kappa shape index (κ3) is 5.00. The minimum atomic E-state index is -3.85. The highest BCUT2D eigenvalue weighted by atomic mass is 35.5. The molecule has 0 radical (unpaired) electrons. The van der Waals surface area contributed by atoms with E-state index < -0.39 is 10.0 Å². The predicted octanol–water partition coefficient (Wildman–Crippen LogP) is 3.66. The molecule has 1 aromatic carbocycles. The van der Waals surface area contributed by atoms with Crippen LogP contribution in [0.1, 0.15) is 40.9 Å². The zero-order valence-corrected chi connectivity index (χ0v) is 18.2. The number of nitrogens with one attached hydrogen (secondary N) is 1. The zero-order valence-electron chi connectivity index (χ0n) is 15.8. The molecule has 1 unspecified atom stereocenters. The summed E-state index contributed by atoms with van der Waals surface area (Å²) in [5.41, 5.74) is 0.329. The van der Waals surface area contributed by atoms with Gasteiger partial charge in [-0.25, -0.2) is 13.1 Å². The standard InChI is InChI=1S/C20H23ClN2O4S2/c21-18-8-5-14(11-19(18)29(25,26)22-12-16-3-1-9-27-16)20(24)23(15-6-7-15)13-17-4-2-10-28-17/h2,4-5,8,10-11,15-16,22H,1,3,6-7,9,12-13H2. The fourth-order valence-corrected chi connectivity index (χ4v) is 5.71. The monoisotopic (exact) mass is 454 g/mol. The molecule has 0 spiro atoms. The number of hydrogen-bond acceptors (Lipinski definition) is 5. The summed E-state index contributed by atoms with van der Waals surface area (Å²) in [7, 11) is -3.85. The average molecular weight is 455 g/mol. The molecule has 1 N–H and O–H groups in total. The zero-order chi connectivity index (χ0) is 20.4. The molecule has 1 aliphatic carbocycles. The van der Waals surface area contributed by atoms with E-state index in [4.69, 9.17) is 16.3 Å². The Hall–Kier alpha value is -1.45. The first kappa shape index (κ1) is 20.8. The van der Waals surface area contributed by atoms with E-state index in [1.165, 1.54) is 12.1 Å². The number of carbonyl (C=O) groups excluding carboxylic acids is 1. The first-order chi connectivity index (χ1) is 13.9. The number of thiophene rings is 1. The summed E-state index contributed by atoms with van der Waals surface area (Å²) in [6.45, 7) is 1.38. The summed E-state index contributed by atoms with van der Waals surface area (Å²) in [5.74, 6) is -0.173. The lowest BCUT2D eigenvalue weighted by Gasteiger charge is -2.22. The van der Waals surface area contributed by atoms with E-state index in [1.807, 2.05) is 22.4 Å². The Balaban J connectivity index is 1.54. The second-order valence-electron chi connectivity index (χ2n) is 7.38. The molecule has 1 aromatic heterocycles. The lowest BCUT2D eigenvalue weighted by molar-refractivity contribution is 0.0731. The van der Waals surface area contributed by atoms with Gasteiger partial charge in [0, 0.05) is 29.6 Å². The van der Waals surface area contributed by atoms with Gasteiger partial charge in [-0.3, -0.25) is 4.79 Å². The molecule has 2 heterocycles. The summed E-state index contributed by atoms with van der Waals surface area (Å²) < 4.78 is 33.6. The van der Waals surface area contributed by atoms with Gasteiger partial charge >= 0.3 is 0 Å². The van der Waals surface area contributed by atoms with Crippen LogP contribution >= 0.6 is 22.9 Å². The molecular formula is C20H23ClN2O4S2. The Bertz CT molecular complexity index is 968. The van der Waals surface area contributed by atoms with E-state index in [2.05, 4.69) is 4.72 Å². The van der Waals surface area contributed by atoms with Gasteiger partial charge in [0.2, 0.25) is 10.0 Å². The third-order valence-electron chi connectivity index (χ3n) is 5.15. The van der Waals surface area contributed by atoms with E-state index in [9.17, 15) is 13.2 Å². The number of amides is 1. The predicted molar refractivity (Wildman–Crippen MR) is 113 cm³/mol. The van der Waals surface area contributed by atoms with Crippen molar-refractivity contribution in [2.45, 2.75) is 49.3 Å². The van der Waals surface area contributed by atoms with Gasteiger partial charge in [-0.15, -0.1) is 11.3 Å². The summed E-state index contributed by atoms with van der Waals surface area (Å²) in [6, 6.07) is 8.62.